The first-order valence-electron chi connectivity index (χ1n) is 9.00. The predicted molar refractivity (Wildman–Crippen MR) is 113 cm³/mol. The summed E-state index contributed by atoms with van der Waals surface area (Å²) >= 11 is 1.53. The van der Waals surface area contributed by atoms with E-state index in [1.807, 2.05) is 47.8 Å². The molecule has 0 amide bonds. The summed E-state index contributed by atoms with van der Waals surface area (Å²) in [6.07, 6.45) is 1.06. The van der Waals surface area contributed by atoms with Gasteiger partial charge in [0.2, 0.25) is 0 Å². The number of aliphatic imine (C=N–C) groups is 1. The first kappa shape index (κ1) is 18.2. The molecule has 1 aliphatic heterocycles. The van der Waals surface area contributed by atoms with Gasteiger partial charge in [-0.3, -0.25) is 4.99 Å². The van der Waals surface area contributed by atoms with Crippen LogP contribution in [0, 0.1) is 11.8 Å². The lowest BCUT2D eigenvalue weighted by molar-refractivity contribution is 0.350. The van der Waals surface area contributed by atoms with Crippen LogP contribution in [-0.4, -0.2) is 40.7 Å². The zero-order valence-electron chi connectivity index (χ0n) is 15.1. The fourth-order valence-corrected chi connectivity index (χ4v) is 3.47. The van der Waals surface area contributed by atoms with Crippen LogP contribution in [0.2, 0.25) is 0 Å². The third-order valence-corrected chi connectivity index (χ3v) is 4.89. The number of guanidine groups is 1. The van der Waals surface area contributed by atoms with Crippen LogP contribution in [0.1, 0.15) is 12.0 Å². The monoisotopic (exact) mass is 389 g/mol. The van der Waals surface area contributed by atoms with Gasteiger partial charge in [0.25, 0.3) is 0 Å². The van der Waals surface area contributed by atoms with Crippen LogP contribution in [0.25, 0.3) is 22.6 Å². The summed E-state index contributed by atoms with van der Waals surface area (Å²) in [5.41, 5.74) is 4.40. The lowest BCUT2D eigenvalue weighted by Crippen LogP contribution is -2.35. The van der Waals surface area contributed by atoms with Crippen molar-refractivity contribution < 1.29 is 5.11 Å². The molecule has 0 saturated heterocycles. The maximum atomic E-state index is 8.79. The second-order valence-electron chi connectivity index (χ2n) is 6.12. The molecule has 0 atom stereocenters. The molecule has 140 valence electrons. The molecule has 28 heavy (non-hydrogen) atoms. The van der Waals surface area contributed by atoms with E-state index in [1.165, 1.54) is 11.3 Å². The van der Waals surface area contributed by atoms with E-state index in [1.54, 1.807) is 0 Å². The molecule has 0 saturated carbocycles. The van der Waals surface area contributed by atoms with E-state index in [2.05, 4.69) is 32.5 Å². The van der Waals surface area contributed by atoms with Crippen LogP contribution in [0.5, 0.6) is 0 Å². The minimum atomic E-state index is -0.140. The SMILES string of the molecule is OCC#Cc1ccc(-c2cccc(-c3csc(NC4=NCCCN4)n3)n2)cc1. The van der Waals surface area contributed by atoms with E-state index in [0.29, 0.717) is 0 Å². The van der Waals surface area contributed by atoms with Gasteiger partial charge < -0.3 is 15.7 Å². The normalized spacial score (nSPS) is 13.1. The Bertz CT molecular complexity index is 1050. The number of hydrogen-bond donors (Lipinski definition) is 3. The first-order valence-corrected chi connectivity index (χ1v) is 9.88. The van der Waals surface area contributed by atoms with Crippen LogP contribution in [0.4, 0.5) is 5.13 Å². The van der Waals surface area contributed by atoms with Crippen LogP contribution in [0.15, 0.2) is 52.8 Å². The molecule has 0 bridgehead atoms. The molecule has 0 fully saturated rings. The fourth-order valence-electron chi connectivity index (χ4n) is 2.77. The molecule has 3 N–H and O–H groups in total. The maximum Gasteiger partial charge on any atom is 0.197 e. The van der Waals surface area contributed by atoms with E-state index >= 15 is 0 Å². The van der Waals surface area contributed by atoms with Crippen LogP contribution in [-0.2, 0) is 0 Å². The van der Waals surface area contributed by atoms with Crippen molar-refractivity contribution >= 4 is 22.4 Å². The highest BCUT2D eigenvalue weighted by molar-refractivity contribution is 7.14. The van der Waals surface area contributed by atoms with E-state index in [-0.39, 0.29) is 6.61 Å². The molecule has 2 aromatic heterocycles. The third-order valence-electron chi connectivity index (χ3n) is 4.13. The van der Waals surface area contributed by atoms with Gasteiger partial charge in [0.1, 0.15) is 12.3 Å². The highest BCUT2D eigenvalue weighted by Crippen LogP contribution is 2.26. The van der Waals surface area contributed by atoms with Crippen molar-refractivity contribution in [1.29, 1.82) is 0 Å². The van der Waals surface area contributed by atoms with Crippen molar-refractivity contribution in [3.63, 3.8) is 0 Å². The van der Waals surface area contributed by atoms with Crippen molar-refractivity contribution in [2.24, 2.45) is 4.99 Å². The summed E-state index contributed by atoms with van der Waals surface area (Å²) in [4.78, 5) is 13.8. The Morgan fingerprint density at radius 1 is 1.07 bits per heavy atom. The quantitative estimate of drug-likeness (QED) is 0.600. The molecule has 3 heterocycles. The second-order valence-corrected chi connectivity index (χ2v) is 6.98. The molecule has 0 aliphatic carbocycles. The Hall–Kier alpha value is -3.21. The molecule has 0 spiro atoms. The number of aromatic nitrogens is 2. The minimum Gasteiger partial charge on any atom is -0.384 e. The van der Waals surface area contributed by atoms with Crippen molar-refractivity contribution in [3.05, 3.63) is 53.4 Å². The largest absolute Gasteiger partial charge is 0.384 e. The number of rotatable bonds is 3. The molecule has 3 aromatic rings. The Balaban J connectivity index is 1.53. The van der Waals surface area contributed by atoms with Gasteiger partial charge in [-0.05, 0) is 30.7 Å². The number of nitrogens with zero attached hydrogens (tertiary/aromatic N) is 3. The highest BCUT2D eigenvalue weighted by atomic mass is 32.1. The molecule has 4 rings (SSSR count). The molecule has 1 aliphatic rings. The molecule has 1 aromatic carbocycles. The molecular weight excluding hydrogens is 370 g/mol. The standard InChI is InChI=1S/C21H19N5OS/c27-13-2-4-15-7-9-16(10-8-15)17-5-1-6-18(24-17)19-14-28-21(25-19)26-20-22-11-3-12-23-20/h1,5-10,14,27H,3,11-13H2,(H2,22,23,25,26). The minimum absolute atomic E-state index is 0.140. The van der Waals surface area contributed by atoms with Gasteiger partial charge in [-0.2, -0.15) is 0 Å². The van der Waals surface area contributed by atoms with Gasteiger partial charge in [0, 0.05) is 29.6 Å². The second kappa shape index (κ2) is 8.65. The van der Waals surface area contributed by atoms with E-state index in [4.69, 9.17) is 10.1 Å². The number of benzene rings is 1. The van der Waals surface area contributed by atoms with Crippen molar-refractivity contribution in [1.82, 2.24) is 15.3 Å². The van der Waals surface area contributed by atoms with Gasteiger partial charge in [-0.15, -0.1) is 11.3 Å². The number of pyridine rings is 1. The summed E-state index contributed by atoms with van der Waals surface area (Å²) in [5, 5.41) is 18.0. The summed E-state index contributed by atoms with van der Waals surface area (Å²) in [7, 11) is 0. The smallest absolute Gasteiger partial charge is 0.197 e. The van der Waals surface area contributed by atoms with Gasteiger partial charge in [0.05, 0.1) is 11.4 Å². The Kier molecular flexibility index (Phi) is 5.61. The van der Waals surface area contributed by atoms with Gasteiger partial charge in [-0.25, -0.2) is 9.97 Å². The Morgan fingerprint density at radius 2 is 1.93 bits per heavy atom. The third kappa shape index (κ3) is 4.36. The first-order chi connectivity index (χ1) is 13.8. The maximum absolute atomic E-state index is 8.79. The molecule has 6 nitrogen and oxygen atoms in total. The molecular formula is C21H19N5OS. The number of aliphatic hydroxyl groups excluding tert-OH is 1. The zero-order chi connectivity index (χ0) is 19.2. The van der Waals surface area contributed by atoms with Crippen molar-refractivity contribution in [2.45, 2.75) is 6.42 Å². The zero-order valence-corrected chi connectivity index (χ0v) is 16.0. The van der Waals surface area contributed by atoms with E-state index in [9.17, 15) is 0 Å². The fraction of sp³-hybridized carbons (Fsp3) is 0.190. The van der Waals surface area contributed by atoms with Crippen LogP contribution in [0.3, 0.4) is 0 Å². The van der Waals surface area contributed by atoms with Crippen molar-refractivity contribution in [2.75, 3.05) is 25.0 Å². The van der Waals surface area contributed by atoms with E-state index < -0.39 is 0 Å². The van der Waals surface area contributed by atoms with Crippen LogP contribution >= 0.6 is 11.3 Å². The number of aliphatic hydroxyl groups is 1. The highest BCUT2D eigenvalue weighted by Gasteiger charge is 2.10. The summed E-state index contributed by atoms with van der Waals surface area (Å²) in [6.45, 7) is 1.62. The lowest BCUT2D eigenvalue weighted by atomic mass is 10.1. The number of anilines is 1. The summed E-state index contributed by atoms with van der Waals surface area (Å²) in [5.74, 6) is 6.32. The number of thiazole rings is 1. The Morgan fingerprint density at radius 3 is 2.71 bits per heavy atom. The van der Waals surface area contributed by atoms with E-state index in [0.717, 1.165) is 58.8 Å². The number of hydrogen-bond acceptors (Lipinski definition) is 7. The molecule has 7 heteroatoms. The van der Waals surface area contributed by atoms with Crippen molar-refractivity contribution in [3.8, 4) is 34.5 Å². The summed E-state index contributed by atoms with van der Waals surface area (Å²) < 4.78 is 0. The number of nitrogens with one attached hydrogen (secondary N) is 2. The average Bonchev–Trinajstić information content (AvgIpc) is 3.22. The Labute approximate surface area is 167 Å². The topological polar surface area (TPSA) is 82.4 Å². The van der Waals surface area contributed by atoms with Gasteiger partial charge in [-0.1, -0.05) is 30.0 Å². The predicted octanol–water partition coefficient (Wildman–Crippen LogP) is 2.98. The summed E-state index contributed by atoms with van der Waals surface area (Å²) in [6, 6.07) is 13.7. The average molecular weight is 389 g/mol. The van der Waals surface area contributed by atoms with Crippen LogP contribution < -0.4 is 10.6 Å². The molecule has 0 radical (unpaired) electrons. The van der Waals surface area contributed by atoms with Gasteiger partial charge >= 0.3 is 0 Å². The van der Waals surface area contributed by atoms with Gasteiger partial charge in [0.15, 0.2) is 11.1 Å². The lowest BCUT2D eigenvalue weighted by Gasteiger charge is -2.14. The molecule has 0 unspecified atom stereocenters.